The van der Waals surface area contributed by atoms with E-state index in [0.29, 0.717) is 18.7 Å². The molecule has 1 aromatic rings. The number of nitrogens with one attached hydrogen (secondary N) is 2. The molecule has 1 aliphatic heterocycles. The van der Waals surface area contributed by atoms with Crippen LogP contribution in [0, 0.1) is 0 Å². The van der Waals surface area contributed by atoms with Crippen LogP contribution in [0.5, 0.6) is 11.5 Å². The quantitative estimate of drug-likeness (QED) is 0.303. The fourth-order valence-electron chi connectivity index (χ4n) is 3.13. The summed E-state index contributed by atoms with van der Waals surface area (Å²) < 4.78 is 34.6. The summed E-state index contributed by atoms with van der Waals surface area (Å²) in [5, 5.41) is 6.56. The number of nitrogens with zero attached hydrogens (tertiary/aromatic N) is 2. The first-order chi connectivity index (χ1) is 13.1. The molecule has 0 atom stereocenters. The number of methoxy groups -OCH3 is 1. The van der Waals surface area contributed by atoms with E-state index in [4.69, 9.17) is 4.74 Å². The largest absolute Gasteiger partial charge is 0.493 e. The summed E-state index contributed by atoms with van der Waals surface area (Å²) in [4.78, 5) is 6.68. The van der Waals surface area contributed by atoms with Crippen molar-refractivity contribution in [2.24, 2.45) is 4.99 Å². The second-order valence-corrected chi connectivity index (χ2v) is 6.44. The standard InChI is InChI=1S/C19H30F2N4O2.HI/c1-22-19(24-10-13-25-11-4-3-5-12-25)23-9-8-15-6-7-16(26-2)17(14-15)27-18(20)21;/h6-7,14,18H,3-5,8-13H2,1-2H3,(H2,22,23,24);1H. The Bertz CT molecular complexity index is 599. The van der Waals surface area contributed by atoms with E-state index >= 15 is 0 Å². The molecule has 28 heavy (non-hydrogen) atoms. The molecule has 1 fully saturated rings. The van der Waals surface area contributed by atoms with Crippen molar-refractivity contribution < 1.29 is 18.3 Å². The van der Waals surface area contributed by atoms with Crippen LogP contribution in [0.4, 0.5) is 8.78 Å². The monoisotopic (exact) mass is 512 g/mol. The highest BCUT2D eigenvalue weighted by Gasteiger charge is 2.12. The molecular formula is C19H31F2IN4O2. The highest BCUT2D eigenvalue weighted by atomic mass is 127. The SMILES string of the molecule is CN=C(NCCc1ccc(OC)c(OC(F)F)c1)NCCN1CCCCC1.I. The highest BCUT2D eigenvalue weighted by Crippen LogP contribution is 2.29. The first-order valence-corrected chi connectivity index (χ1v) is 9.41. The van der Waals surface area contributed by atoms with E-state index in [2.05, 4.69) is 25.3 Å². The first-order valence-electron chi connectivity index (χ1n) is 9.41. The van der Waals surface area contributed by atoms with Gasteiger partial charge in [0.25, 0.3) is 0 Å². The third kappa shape index (κ3) is 8.76. The van der Waals surface area contributed by atoms with Gasteiger partial charge in [-0.15, -0.1) is 24.0 Å². The van der Waals surface area contributed by atoms with Crippen LogP contribution in [0.25, 0.3) is 0 Å². The van der Waals surface area contributed by atoms with Crippen molar-refractivity contribution in [3.05, 3.63) is 23.8 Å². The first kappa shape index (κ1) is 24.7. The van der Waals surface area contributed by atoms with Gasteiger partial charge in [-0.1, -0.05) is 12.5 Å². The van der Waals surface area contributed by atoms with E-state index in [1.807, 2.05) is 6.07 Å². The van der Waals surface area contributed by atoms with E-state index in [9.17, 15) is 8.78 Å². The minimum atomic E-state index is -2.88. The zero-order valence-corrected chi connectivity index (χ0v) is 18.9. The summed E-state index contributed by atoms with van der Waals surface area (Å²) in [6.45, 7) is 1.95. The molecule has 0 radical (unpaired) electrons. The molecule has 9 heteroatoms. The van der Waals surface area contributed by atoms with Crippen molar-refractivity contribution in [2.45, 2.75) is 32.3 Å². The number of alkyl halides is 2. The van der Waals surface area contributed by atoms with Crippen LogP contribution in [0.2, 0.25) is 0 Å². The van der Waals surface area contributed by atoms with Crippen LogP contribution in [0.1, 0.15) is 24.8 Å². The Balaban J connectivity index is 0.00000392. The van der Waals surface area contributed by atoms with Crippen molar-refractivity contribution in [1.29, 1.82) is 0 Å². The normalized spacial score (nSPS) is 15.1. The molecular weight excluding hydrogens is 481 g/mol. The van der Waals surface area contributed by atoms with E-state index in [1.165, 1.54) is 39.5 Å². The lowest BCUT2D eigenvalue weighted by atomic mass is 10.1. The van der Waals surface area contributed by atoms with Crippen LogP contribution in [-0.2, 0) is 6.42 Å². The lowest BCUT2D eigenvalue weighted by Crippen LogP contribution is -2.43. The van der Waals surface area contributed by atoms with Crippen molar-refractivity contribution in [3.8, 4) is 11.5 Å². The van der Waals surface area contributed by atoms with Gasteiger partial charge < -0.3 is 25.0 Å². The number of benzene rings is 1. The molecule has 1 aliphatic rings. The zero-order chi connectivity index (χ0) is 19.5. The van der Waals surface area contributed by atoms with Crippen molar-refractivity contribution in [2.75, 3.05) is 46.9 Å². The van der Waals surface area contributed by atoms with Gasteiger partial charge in [-0.05, 0) is 50.0 Å². The van der Waals surface area contributed by atoms with Crippen LogP contribution in [0.3, 0.4) is 0 Å². The number of hydrogen-bond donors (Lipinski definition) is 2. The molecule has 1 aromatic carbocycles. The number of guanidine groups is 1. The average Bonchev–Trinajstić information content (AvgIpc) is 2.67. The van der Waals surface area contributed by atoms with E-state index in [0.717, 1.165) is 24.6 Å². The summed E-state index contributed by atoms with van der Waals surface area (Å²) in [5.41, 5.74) is 0.878. The van der Waals surface area contributed by atoms with Gasteiger partial charge in [-0.3, -0.25) is 4.99 Å². The Morgan fingerprint density at radius 1 is 1.14 bits per heavy atom. The van der Waals surface area contributed by atoms with Gasteiger partial charge in [0.1, 0.15) is 0 Å². The van der Waals surface area contributed by atoms with E-state index in [-0.39, 0.29) is 29.7 Å². The van der Waals surface area contributed by atoms with Crippen LogP contribution >= 0.6 is 24.0 Å². The lowest BCUT2D eigenvalue weighted by molar-refractivity contribution is -0.0512. The summed E-state index contributed by atoms with van der Waals surface area (Å²) >= 11 is 0. The maximum atomic E-state index is 12.5. The molecule has 0 amide bonds. The van der Waals surface area contributed by atoms with E-state index < -0.39 is 6.61 Å². The maximum Gasteiger partial charge on any atom is 0.387 e. The second kappa shape index (κ2) is 13.8. The second-order valence-electron chi connectivity index (χ2n) is 6.44. The smallest absolute Gasteiger partial charge is 0.387 e. The van der Waals surface area contributed by atoms with Gasteiger partial charge >= 0.3 is 6.61 Å². The van der Waals surface area contributed by atoms with Gasteiger partial charge in [-0.25, -0.2) is 0 Å². The molecule has 0 spiro atoms. The third-order valence-corrected chi connectivity index (χ3v) is 4.54. The molecule has 1 saturated heterocycles. The number of hydrogen-bond acceptors (Lipinski definition) is 4. The predicted molar refractivity (Wildman–Crippen MR) is 118 cm³/mol. The number of rotatable bonds is 9. The minimum Gasteiger partial charge on any atom is -0.493 e. The van der Waals surface area contributed by atoms with Gasteiger partial charge in [0.2, 0.25) is 0 Å². The summed E-state index contributed by atoms with van der Waals surface area (Å²) in [7, 11) is 3.16. The summed E-state index contributed by atoms with van der Waals surface area (Å²) in [6, 6.07) is 5.06. The number of piperidine rings is 1. The molecule has 2 N–H and O–H groups in total. The zero-order valence-electron chi connectivity index (χ0n) is 16.5. The Hall–Kier alpha value is -1.36. The molecule has 160 valence electrons. The fraction of sp³-hybridized carbons (Fsp3) is 0.632. The Morgan fingerprint density at radius 2 is 1.86 bits per heavy atom. The number of aliphatic imine (C=N–C) groups is 1. The minimum absolute atomic E-state index is 0. The molecule has 1 heterocycles. The summed E-state index contributed by atoms with van der Waals surface area (Å²) in [6.07, 6.45) is 4.55. The lowest BCUT2D eigenvalue weighted by Gasteiger charge is -2.26. The average molecular weight is 512 g/mol. The molecule has 6 nitrogen and oxygen atoms in total. The number of halogens is 3. The molecule has 0 aliphatic carbocycles. The molecule has 0 aromatic heterocycles. The Kier molecular flexibility index (Phi) is 12.1. The van der Waals surface area contributed by atoms with Crippen molar-refractivity contribution >= 4 is 29.9 Å². The van der Waals surface area contributed by atoms with Crippen LogP contribution in [0.15, 0.2) is 23.2 Å². The van der Waals surface area contributed by atoms with E-state index in [1.54, 1.807) is 19.2 Å². The highest BCUT2D eigenvalue weighted by molar-refractivity contribution is 14.0. The molecule has 0 unspecified atom stereocenters. The molecule has 0 saturated carbocycles. The van der Waals surface area contributed by atoms with Gasteiger partial charge in [-0.2, -0.15) is 8.78 Å². The summed E-state index contributed by atoms with van der Waals surface area (Å²) in [5.74, 6) is 1.08. The number of ether oxygens (including phenoxy) is 2. The van der Waals surface area contributed by atoms with Crippen molar-refractivity contribution in [1.82, 2.24) is 15.5 Å². The molecule has 0 bridgehead atoms. The van der Waals surface area contributed by atoms with Gasteiger partial charge in [0.05, 0.1) is 7.11 Å². The fourth-order valence-corrected chi connectivity index (χ4v) is 3.13. The van der Waals surface area contributed by atoms with Gasteiger partial charge in [0.15, 0.2) is 17.5 Å². The van der Waals surface area contributed by atoms with Crippen LogP contribution < -0.4 is 20.1 Å². The van der Waals surface area contributed by atoms with Crippen LogP contribution in [-0.4, -0.2) is 64.4 Å². The Labute approximate surface area is 183 Å². The molecule has 2 rings (SSSR count). The van der Waals surface area contributed by atoms with Gasteiger partial charge in [0, 0.05) is 26.7 Å². The topological polar surface area (TPSA) is 58.1 Å². The van der Waals surface area contributed by atoms with Crippen molar-refractivity contribution in [3.63, 3.8) is 0 Å². The maximum absolute atomic E-state index is 12.5. The third-order valence-electron chi connectivity index (χ3n) is 4.54. The predicted octanol–water partition coefficient (Wildman–Crippen LogP) is 3.11. The Morgan fingerprint density at radius 3 is 2.50 bits per heavy atom. The number of likely N-dealkylation sites (tertiary alicyclic amines) is 1.